The molecule has 6 heteroatoms. The Kier molecular flexibility index (Phi) is 7.05. The molecule has 2 fully saturated rings. The summed E-state index contributed by atoms with van der Waals surface area (Å²) in [6.45, 7) is 8.26. The molecule has 0 spiro atoms. The largest absolute Gasteiger partial charge is 0.460 e. The number of hydrogen-bond acceptors (Lipinski definition) is 5. The number of fused-ring (bicyclic) bond motifs is 1. The number of aromatic nitrogens is 1. The predicted molar refractivity (Wildman–Crippen MR) is 132 cm³/mol. The van der Waals surface area contributed by atoms with Crippen LogP contribution < -0.4 is 5.32 Å². The average molecular weight is 463 g/mol. The van der Waals surface area contributed by atoms with Gasteiger partial charge in [0.1, 0.15) is 11.6 Å². The Balaban J connectivity index is 1.64. The van der Waals surface area contributed by atoms with Crippen molar-refractivity contribution in [1.82, 2.24) is 10.3 Å². The van der Waals surface area contributed by atoms with Gasteiger partial charge in [-0.1, -0.05) is 62.7 Å². The summed E-state index contributed by atoms with van der Waals surface area (Å²) in [5.74, 6) is 0.101. The fourth-order valence-corrected chi connectivity index (χ4v) is 6.04. The van der Waals surface area contributed by atoms with E-state index in [1.165, 1.54) is 0 Å². The van der Waals surface area contributed by atoms with E-state index in [0.717, 1.165) is 23.2 Å². The summed E-state index contributed by atoms with van der Waals surface area (Å²) in [7, 11) is 0. The Bertz CT molecular complexity index is 1040. The van der Waals surface area contributed by atoms with Crippen LogP contribution in [0, 0.1) is 23.7 Å². The number of carbonyl (C=O) groups excluding carboxylic acids is 2. The molecule has 2 heterocycles. The van der Waals surface area contributed by atoms with Crippen molar-refractivity contribution in [1.29, 1.82) is 0 Å². The van der Waals surface area contributed by atoms with E-state index in [0.29, 0.717) is 12.3 Å². The third kappa shape index (κ3) is 4.46. The Labute approximate surface area is 201 Å². The van der Waals surface area contributed by atoms with E-state index in [-0.39, 0.29) is 36.4 Å². The molecule has 1 N–H and O–H groups in total. The maximum Gasteiger partial charge on any atom is 0.408 e. The van der Waals surface area contributed by atoms with Crippen molar-refractivity contribution < 1.29 is 19.1 Å². The number of pyridine rings is 1. The zero-order chi connectivity index (χ0) is 24.3. The summed E-state index contributed by atoms with van der Waals surface area (Å²) in [5, 5.41) is 2.92. The normalized spacial score (nSPS) is 30.6. The first kappa shape index (κ1) is 24.0. The monoisotopic (exact) mass is 462 g/mol. The number of amides is 1. The van der Waals surface area contributed by atoms with Crippen LogP contribution in [0.4, 0.5) is 4.79 Å². The lowest BCUT2D eigenvalue weighted by molar-refractivity contribution is -0.146. The summed E-state index contributed by atoms with van der Waals surface area (Å²) in [6.07, 6.45) is 6.73. The smallest absolute Gasteiger partial charge is 0.408 e. The third-order valence-corrected chi connectivity index (χ3v) is 7.47. The summed E-state index contributed by atoms with van der Waals surface area (Å²) < 4.78 is 10.9. The molecule has 34 heavy (non-hydrogen) atoms. The molecule has 1 saturated heterocycles. The molecule has 1 aromatic heterocycles. The maximum atomic E-state index is 13.1. The first-order valence-corrected chi connectivity index (χ1v) is 12.2. The molecule has 3 unspecified atom stereocenters. The lowest BCUT2D eigenvalue weighted by Gasteiger charge is -2.48. The van der Waals surface area contributed by atoms with E-state index in [2.05, 4.69) is 48.4 Å². The Hall–Kier alpha value is -3.15. The molecule has 1 aromatic carbocycles. The van der Waals surface area contributed by atoms with Gasteiger partial charge in [-0.15, -0.1) is 0 Å². The van der Waals surface area contributed by atoms with E-state index in [1.54, 1.807) is 6.92 Å². The molecule has 2 aromatic rings. The van der Waals surface area contributed by atoms with Crippen molar-refractivity contribution in [2.75, 3.05) is 6.61 Å². The third-order valence-electron chi connectivity index (χ3n) is 7.47. The van der Waals surface area contributed by atoms with Gasteiger partial charge in [0.25, 0.3) is 0 Å². The van der Waals surface area contributed by atoms with Crippen LogP contribution in [0.25, 0.3) is 17.2 Å². The van der Waals surface area contributed by atoms with Crippen molar-refractivity contribution in [2.45, 2.75) is 52.2 Å². The number of nitrogens with one attached hydrogen (secondary N) is 1. The van der Waals surface area contributed by atoms with Crippen LogP contribution in [-0.2, 0) is 14.3 Å². The van der Waals surface area contributed by atoms with Gasteiger partial charge in [-0.25, -0.2) is 9.59 Å². The number of ether oxygens (including phenoxy) is 2. The van der Waals surface area contributed by atoms with Crippen LogP contribution in [0.5, 0.6) is 0 Å². The van der Waals surface area contributed by atoms with Gasteiger partial charge in [0.15, 0.2) is 0 Å². The lowest BCUT2D eigenvalue weighted by Crippen LogP contribution is -2.63. The minimum Gasteiger partial charge on any atom is -0.460 e. The van der Waals surface area contributed by atoms with E-state index >= 15 is 0 Å². The van der Waals surface area contributed by atoms with Crippen molar-refractivity contribution in [3.63, 3.8) is 0 Å². The molecular weight excluding hydrogens is 428 g/mol. The SMILES string of the molecule is CCOC(=O)N[C@@]12CC(C)C(CC)C(/C=C/c3ccc(-c4ccccc4)cn3)[C@@H]1[C@@H](C)OC2=O. The first-order chi connectivity index (χ1) is 16.4. The van der Waals surface area contributed by atoms with Gasteiger partial charge in [0.05, 0.1) is 12.3 Å². The van der Waals surface area contributed by atoms with Crippen LogP contribution in [0.3, 0.4) is 0 Å². The highest BCUT2D eigenvalue weighted by molar-refractivity contribution is 5.88. The average Bonchev–Trinajstić information content (AvgIpc) is 3.07. The van der Waals surface area contributed by atoms with Crippen LogP contribution in [0.1, 0.15) is 46.2 Å². The maximum absolute atomic E-state index is 13.1. The highest BCUT2D eigenvalue weighted by Crippen LogP contribution is 2.52. The van der Waals surface area contributed by atoms with E-state index < -0.39 is 11.6 Å². The molecule has 2 aliphatic rings. The lowest BCUT2D eigenvalue weighted by atomic mass is 9.57. The Morgan fingerprint density at radius 2 is 1.94 bits per heavy atom. The number of hydrogen-bond donors (Lipinski definition) is 1. The van der Waals surface area contributed by atoms with Gasteiger partial charge in [-0.2, -0.15) is 0 Å². The number of allylic oxidation sites excluding steroid dienone is 1. The number of rotatable bonds is 6. The predicted octanol–water partition coefficient (Wildman–Crippen LogP) is 5.49. The number of esters is 1. The molecule has 6 nitrogen and oxygen atoms in total. The zero-order valence-corrected chi connectivity index (χ0v) is 20.4. The molecule has 6 atom stereocenters. The summed E-state index contributed by atoms with van der Waals surface area (Å²) in [4.78, 5) is 30.2. The molecule has 180 valence electrons. The van der Waals surface area contributed by atoms with Gasteiger partial charge in [0.2, 0.25) is 0 Å². The number of carbonyl (C=O) groups is 2. The Morgan fingerprint density at radius 1 is 1.18 bits per heavy atom. The molecule has 0 bridgehead atoms. The van der Waals surface area contributed by atoms with Crippen molar-refractivity contribution in [3.8, 4) is 11.1 Å². The topological polar surface area (TPSA) is 77.5 Å². The van der Waals surface area contributed by atoms with Gasteiger partial charge < -0.3 is 14.8 Å². The van der Waals surface area contributed by atoms with Crippen LogP contribution >= 0.6 is 0 Å². The van der Waals surface area contributed by atoms with E-state index in [4.69, 9.17) is 9.47 Å². The standard InChI is InChI=1S/C28H34N2O4/c1-5-23-18(3)16-28(30-27(32)33-6-2)25(19(4)34-26(28)31)24(23)15-14-22-13-12-21(17-29-22)20-10-8-7-9-11-20/h7-15,17-19,23-25H,5-6,16H2,1-4H3,(H,30,32)/b15-14+/t18?,19-,23?,24?,25+,28+/m1/s1. The van der Waals surface area contributed by atoms with Crippen LogP contribution in [0.2, 0.25) is 0 Å². The Morgan fingerprint density at radius 3 is 2.59 bits per heavy atom. The van der Waals surface area contributed by atoms with Crippen LogP contribution in [0.15, 0.2) is 54.7 Å². The number of cyclic esters (lactones) is 1. The van der Waals surface area contributed by atoms with Crippen molar-refractivity contribution in [3.05, 3.63) is 60.4 Å². The second-order valence-corrected chi connectivity index (χ2v) is 9.48. The van der Waals surface area contributed by atoms with Gasteiger partial charge >= 0.3 is 12.1 Å². The fraction of sp³-hybridized carbons (Fsp3) is 0.464. The van der Waals surface area contributed by atoms with Gasteiger partial charge in [-0.05, 0) is 55.7 Å². The van der Waals surface area contributed by atoms with Gasteiger partial charge in [0, 0.05) is 17.7 Å². The number of alkyl carbamates (subject to hydrolysis) is 1. The highest BCUT2D eigenvalue weighted by Gasteiger charge is 2.63. The number of nitrogens with zero attached hydrogens (tertiary/aromatic N) is 1. The zero-order valence-electron chi connectivity index (χ0n) is 20.4. The van der Waals surface area contributed by atoms with E-state index in [1.807, 2.05) is 43.5 Å². The second-order valence-electron chi connectivity index (χ2n) is 9.48. The molecule has 1 aliphatic carbocycles. The summed E-state index contributed by atoms with van der Waals surface area (Å²) in [5.41, 5.74) is 1.98. The second kappa shape index (κ2) is 10.00. The van der Waals surface area contributed by atoms with Crippen molar-refractivity contribution in [2.24, 2.45) is 23.7 Å². The molecule has 0 radical (unpaired) electrons. The molecule has 1 amide bonds. The summed E-state index contributed by atoms with van der Waals surface area (Å²) in [6, 6.07) is 14.2. The molecular formula is C28H34N2O4. The fourth-order valence-electron chi connectivity index (χ4n) is 6.04. The quantitative estimate of drug-likeness (QED) is 0.575. The number of benzene rings is 1. The minimum atomic E-state index is -1.07. The molecule has 1 aliphatic heterocycles. The molecule has 4 rings (SSSR count). The molecule has 1 saturated carbocycles. The highest BCUT2D eigenvalue weighted by atomic mass is 16.6. The van der Waals surface area contributed by atoms with E-state index in [9.17, 15) is 9.59 Å². The van der Waals surface area contributed by atoms with Crippen molar-refractivity contribution >= 4 is 18.1 Å². The van der Waals surface area contributed by atoms with Crippen LogP contribution in [-0.4, -0.2) is 35.3 Å². The minimum absolute atomic E-state index is 0.0488. The van der Waals surface area contributed by atoms with Gasteiger partial charge in [-0.3, -0.25) is 4.98 Å². The first-order valence-electron chi connectivity index (χ1n) is 12.2. The summed E-state index contributed by atoms with van der Waals surface area (Å²) >= 11 is 0.